The van der Waals surface area contributed by atoms with Gasteiger partial charge in [0.1, 0.15) is 5.76 Å². The van der Waals surface area contributed by atoms with Gasteiger partial charge in [-0.05, 0) is 39.7 Å². The van der Waals surface area contributed by atoms with Crippen molar-refractivity contribution in [2.75, 3.05) is 19.6 Å². The maximum absolute atomic E-state index is 12.7. The molecule has 4 rings (SSSR count). The minimum absolute atomic E-state index is 0.0139. The summed E-state index contributed by atoms with van der Waals surface area (Å²) in [6, 6.07) is 1.84. The molecule has 27 heavy (non-hydrogen) atoms. The fraction of sp³-hybridized carbons (Fsp3) is 0.550. The molecule has 1 spiro atoms. The predicted octanol–water partition coefficient (Wildman–Crippen LogP) is 2.58. The van der Waals surface area contributed by atoms with Crippen LogP contribution in [0.3, 0.4) is 0 Å². The quantitative estimate of drug-likeness (QED) is 0.900. The molecule has 144 valence electrons. The van der Waals surface area contributed by atoms with Crippen LogP contribution in [0.1, 0.15) is 52.3 Å². The highest BCUT2D eigenvalue weighted by Gasteiger charge is 2.45. The number of piperidine rings is 1. The Kier molecular flexibility index (Phi) is 4.32. The number of hydrogen-bond acceptors (Lipinski definition) is 4. The number of aromatic amines is 1. The molecule has 4 heterocycles. The van der Waals surface area contributed by atoms with E-state index in [1.165, 1.54) is 0 Å². The van der Waals surface area contributed by atoms with Crippen LogP contribution in [0.25, 0.3) is 0 Å². The van der Waals surface area contributed by atoms with Gasteiger partial charge >= 0.3 is 0 Å². The molecule has 0 atom stereocenters. The number of hydrogen-bond donors (Lipinski definition) is 1. The van der Waals surface area contributed by atoms with Gasteiger partial charge in [0.2, 0.25) is 5.91 Å². The van der Waals surface area contributed by atoms with Gasteiger partial charge in [0.05, 0.1) is 17.8 Å². The first-order chi connectivity index (χ1) is 12.9. The molecule has 0 aromatic carbocycles. The average molecular weight is 370 g/mol. The van der Waals surface area contributed by atoms with Crippen molar-refractivity contribution in [1.82, 2.24) is 19.9 Å². The Balaban J connectivity index is 1.41. The van der Waals surface area contributed by atoms with Crippen molar-refractivity contribution in [1.29, 1.82) is 0 Å². The average Bonchev–Trinajstić information content (AvgIpc) is 3.29. The molecule has 2 aliphatic heterocycles. The van der Waals surface area contributed by atoms with Crippen molar-refractivity contribution in [2.24, 2.45) is 5.41 Å². The molecule has 0 bridgehead atoms. The minimum Gasteiger partial charge on any atom is -0.365 e. The van der Waals surface area contributed by atoms with Gasteiger partial charge in [-0.25, -0.2) is 0 Å². The lowest BCUT2D eigenvalue weighted by Gasteiger charge is -2.38. The third kappa shape index (κ3) is 3.15. The molecule has 2 saturated heterocycles. The van der Waals surface area contributed by atoms with Gasteiger partial charge in [0, 0.05) is 48.9 Å². The molecule has 7 heteroatoms. The lowest BCUT2D eigenvalue weighted by atomic mass is 9.77. The highest BCUT2D eigenvalue weighted by atomic mass is 16.5. The van der Waals surface area contributed by atoms with E-state index >= 15 is 0 Å². The molecule has 2 aromatic rings. The van der Waals surface area contributed by atoms with E-state index in [1.807, 2.05) is 36.6 Å². The third-order valence-corrected chi connectivity index (χ3v) is 6.23. The molecule has 0 aliphatic carbocycles. The van der Waals surface area contributed by atoms with Crippen molar-refractivity contribution < 1.29 is 14.1 Å². The Hall–Kier alpha value is -2.57. The maximum atomic E-state index is 12.7. The zero-order valence-electron chi connectivity index (χ0n) is 16.2. The molecule has 0 unspecified atom stereocenters. The maximum Gasteiger partial charge on any atom is 0.255 e. The molecule has 2 aliphatic rings. The highest BCUT2D eigenvalue weighted by Crippen LogP contribution is 2.42. The fourth-order valence-corrected chi connectivity index (χ4v) is 4.42. The normalized spacial score (nSPS) is 19.3. The summed E-state index contributed by atoms with van der Waals surface area (Å²) in [5.74, 6) is 1.06. The molecule has 0 radical (unpaired) electrons. The third-order valence-electron chi connectivity index (χ3n) is 6.23. The summed E-state index contributed by atoms with van der Waals surface area (Å²) in [7, 11) is 0. The summed E-state index contributed by atoms with van der Waals surface area (Å²) in [6.07, 6.45) is 4.11. The number of H-pyrrole nitrogens is 1. The molecular formula is C20H26N4O3. The predicted molar refractivity (Wildman–Crippen MR) is 99.1 cm³/mol. The zero-order valence-corrected chi connectivity index (χ0v) is 16.2. The van der Waals surface area contributed by atoms with Crippen LogP contribution < -0.4 is 0 Å². The molecule has 2 fully saturated rings. The van der Waals surface area contributed by atoms with Crippen LogP contribution >= 0.6 is 0 Å². The van der Waals surface area contributed by atoms with E-state index in [9.17, 15) is 9.59 Å². The van der Waals surface area contributed by atoms with Gasteiger partial charge in [-0.3, -0.25) is 9.59 Å². The minimum atomic E-state index is -0.0139. The zero-order chi connectivity index (χ0) is 19.2. The number of aromatic nitrogens is 2. The second-order valence-corrected chi connectivity index (χ2v) is 8.04. The summed E-state index contributed by atoms with van der Waals surface area (Å²) in [6.45, 7) is 8.44. The smallest absolute Gasteiger partial charge is 0.255 e. The number of carbonyl (C=O) groups excluding carboxylic acids is 2. The number of nitrogens with zero attached hydrogens (tertiary/aromatic N) is 3. The summed E-state index contributed by atoms with van der Waals surface area (Å²) >= 11 is 0. The van der Waals surface area contributed by atoms with E-state index in [0.29, 0.717) is 26.1 Å². The van der Waals surface area contributed by atoms with Crippen LogP contribution in [0.5, 0.6) is 0 Å². The Labute approximate surface area is 158 Å². The van der Waals surface area contributed by atoms with Crippen molar-refractivity contribution >= 4 is 11.8 Å². The van der Waals surface area contributed by atoms with E-state index in [4.69, 9.17) is 4.52 Å². The van der Waals surface area contributed by atoms with Gasteiger partial charge < -0.3 is 19.3 Å². The van der Waals surface area contributed by atoms with Crippen LogP contribution in [-0.4, -0.2) is 51.4 Å². The topological polar surface area (TPSA) is 82.4 Å². The Morgan fingerprint density at radius 1 is 1.30 bits per heavy atom. The van der Waals surface area contributed by atoms with Crippen LogP contribution in [0.15, 0.2) is 16.8 Å². The van der Waals surface area contributed by atoms with Crippen molar-refractivity contribution in [3.05, 3.63) is 40.5 Å². The first-order valence-electron chi connectivity index (χ1n) is 9.51. The van der Waals surface area contributed by atoms with Gasteiger partial charge in [-0.1, -0.05) is 5.16 Å². The molecule has 0 saturated carbocycles. The van der Waals surface area contributed by atoms with E-state index in [0.717, 1.165) is 47.7 Å². The molecular weight excluding hydrogens is 344 g/mol. The van der Waals surface area contributed by atoms with E-state index < -0.39 is 0 Å². The summed E-state index contributed by atoms with van der Waals surface area (Å²) in [5.41, 5.74) is 3.50. The van der Waals surface area contributed by atoms with Gasteiger partial charge in [0.25, 0.3) is 5.91 Å². The first kappa shape index (κ1) is 17.8. The van der Waals surface area contributed by atoms with E-state index in [2.05, 4.69) is 10.1 Å². The number of nitrogens with one attached hydrogen (secondary N) is 1. The van der Waals surface area contributed by atoms with E-state index in [1.54, 1.807) is 6.20 Å². The Morgan fingerprint density at radius 2 is 2.04 bits per heavy atom. The highest BCUT2D eigenvalue weighted by molar-refractivity contribution is 5.95. The number of likely N-dealkylation sites (tertiary alicyclic amines) is 2. The first-order valence-corrected chi connectivity index (χ1v) is 9.51. The monoisotopic (exact) mass is 370 g/mol. The van der Waals surface area contributed by atoms with Gasteiger partial charge in [-0.15, -0.1) is 0 Å². The van der Waals surface area contributed by atoms with Crippen molar-refractivity contribution in [2.45, 2.75) is 46.6 Å². The van der Waals surface area contributed by atoms with Crippen LogP contribution in [-0.2, 0) is 11.3 Å². The van der Waals surface area contributed by atoms with Crippen LogP contribution in [0.2, 0.25) is 0 Å². The SMILES string of the molecule is Cc1noc(C)c1CN1CC2(CCN(C(=O)c3cc[nH]c3C)CC2)CC1=O. The second kappa shape index (κ2) is 6.55. The number of carbonyl (C=O) groups is 2. The summed E-state index contributed by atoms with van der Waals surface area (Å²) < 4.78 is 5.23. The molecule has 1 N–H and O–H groups in total. The van der Waals surface area contributed by atoms with Gasteiger partial charge in [-0.2, -0.15) is 0 Å². The lowest BCUT2D eigenvalue weighted by Crippen LogP contribution is -2.44. The van der Waals surface area contributed by atoms with Crippen LogP contribution in [0, 0.1) is 26.2 Å². The second-order valence-electron chi connectivity index (χ2n) is 8.04. The standard InChI is InChI=1S/C20H26N4O3/c1-13-16(4-7-21-13)19(26)23-8-5-20(6-9-23)10-18(25)24(12-20)11-17-14(2)22-27-15(17)3/h4,7,21H,5-6,8-12H2,1-3H3. The summed E-state index contributed by atoms with van der Waals surface area (Å²) in [4.78, 5) is 32.3. The van der Waals surface area contributed by atoms with Gasteiger partial charge in [0.15, 0.2) is 0 Å². The Morgan fingerprint density at radius 3 is 2.63 bits per heavy atom. The number of rotatable bonds is 3. The lowest BCUT2D eigenvalue weighted by molar-refractivity contribution is -0.128. The fourth-order valence-electron chi connectivity index (χ4n) is 4.42. The number of aryl methyl sites for hydroxylation is 3. The summed E-state index contributed by atoms with van der Waals surface area (Å²) in [5, 5.41) is 3.99. The van der Waals surface area contributed by atoms with Crippen LogP contribution in [0.4, 0.5) is 0 Å². The van der Waals surface area contributed by atoms with E-state index in [-0.39, 0.29) is 17.2 Å². The molecule has 2 aromatic heterocycles. The van der Waals surface area contributed by atoms with Crippen molar-refractivity contribution in [3.63, 3.8) is 0 Å². The number of amides is 2. The largest absolute Gasteiger partial charge is 0.365 e. The Bertz CT molecular complexity index is 854. The molecule has 2 amide bonds. The molecule has 7 nitrogen and oxygen atoms in total. The van der Waals surface area contributed by atoms with Crippen molar-refractivity contribution in [3.8, 4) is 0 Å².